The monoisotopic (exact) mass is 571 g/mol. The molecule has 2 aromatic rings. The van der Waals surface area contributed by atoms with Crippen LogP contribution in [0.4, 0.5) is 5.82 Å². The molecule has 0 aliphatic carbocycles. The molecule has 0 aliphatic heterocycles. The minimum Gasteiger partial charge on any atom is -0.380 e. The van der Waals surface area contributed by atoms with Gasteiger partial charge in [-0.3, -0.25) is 24.7 Å². The van der Waals surface area contributed by atoms with Crippen LogP contribution in [0.25, 0.3) is 5.70 Å². The minimum atomic E-state index is -0.430. The molecule has 4 N–H and O–H groups in total. The maximum Gasteiger partial charge on any atom is 0.259 e. The molecule has 2 aromatic heterocycles. The van der Waals surface area contributed by atoms with Crippen molar-refractivity contribution >= 4 is 47.2 Å². The second-order valence-corrected chi connectivity index (χ2v) is 10.5. The Morgan fingerprint density at radius 3 is 2.23 bits per heavy atom. The van der Waals surface area contributed by atoms with E-state index in [0.717, 1.165) is 21.9 Å². The van der Waals surface area contributed by atoms with E-state index in [1.54, 1.807) is 26.2 Å². The van der Waals surface area contributed by atoms with E-state index in [1.165, 1.54) is 22.9 Å². The van der Waals surface area contributed by atoms with E-state index in [0.29, 0.717) is 30.0 Å². The van der Waals surface area contributed by atoms with Gasteiger partial charge in [-0.25, -0.2) is 4.98 Å². The average Bonchev–Trinajstić information content (AvgIpc) is 3.21. The summed E-state index contributed by atoms with van der Waals surface area (Å²) in [6.07, 6.45) is 5.83. The SMILES string of the molecule is C/C=C(\C)Cl.CC(=O)Nc1ccc(/C(NCc2c[nH]c(C)c2C)=C(/C(=N)N(C=O)CC(C)C)C(=O)N(C)C)cn1. The summed E-state index contributed by atoms with van der Waals surface area (Å²) in [4.78, 5) is 46.7. The molecule has 0 fully saturated rings. The van der Waals surface area contributed by atoms with Gasteiger partial charge in [0, 0.05) is 62.8 Å². The van der Waals surface area contributed by atoms with Gasteiger partial charge < -0.3 is 20.5 Å². The molecule has 0 atom stereocenters. The number of anilines is 1. The number of carbonyl (C=O) groups excluding carboxylic acids is 3. The van der Waals surface area contributed by atoms with Gasteiger partial charge in [0.05, 0.1) is 5.70 Å². The number of likely N-dealkylation sites (N-methyl/N-ethyl adjacent to an activating group) is 1. The first-order valence-corrected chi connectivity index (χ1v) is 13.3. The predicted octanol–water partition coefficient (Wildman–Crippen LogP) is 4.81. The molecule has 0 spiro atoms. The molecule has 11 heteroatoms. The summed E-state index contributed by atoms with van der Waals surface area (Å²) in [6, 6.07) is 3.33. The number of carbonyl (C=O) groups is 3. The number of nitrogens with one attached hydrogen (secondary N) is 4. The Bertz CT molecular complexity index is 1240. The molecule has 3 amide bonds. The summed E-state index contributed by atoms with van der Waals surface area (Å²) in [5.74, 6) is -0.429. The lowest BCUT2D eigenvalue weighted by molar-refractivity contribution is -0.124. The van der Waals surface area contributed by atoms with Gasteiger partial charge in [0.25, 0.3) is 5.91 Å². The number of hydrogen-bond donors (Lipinski definition) is 4. The normalized spacial score (nSPS) is 11.6. The third kappa shape index (κ3) is 10.3. The Labute approximate surface area is 242 Å². The van der Waals surface area contributed by atoms with E-state index in [4.69, 9.17) is 17.0 Å². The molecule has 0 bridgehead atoms. The van der Waals surface area contributed by atoms with Crippen LogP contribution < -0.4 is 10.6 Å². The van der Waals surface area contributed by atoms with Crippen LogP contribution in [0.2, 0.25) is 0 Å². The molecular weight excluding hydrogens is 530 g/mol. The lowest BCUT2D eigenvalue weighted by Gasteiger charge is -2.26. The Kier molecular flexibility index (Phi) is 13.9. The maximum absolute atomic E-state index is 13.4. The zero-order chi connectivity index (χ0) is 30.6. The van der Waals surface area contributed by atoms with Gasteiger partial charge in [-0.05, 0) is 56.9 Å². The number of hydrogen-bond acceptors (Lipinski definition) is 6. The highest BCUT2D eigenvalue weighted by molar-refractivity contribution is 6.29. The number of nitrogens with zero attached hydrogens (tertiary/aromatic N) is 3. The number of amidine groups is 1. The van der Waals surface area contributed by atoms with Crippen molar-refractivity contribution in [3.05, 3.63) is 63.6 Å². The summed E-state index contributed by atoms with van der Waals surface area (Å²) >= 11 is 5.32. The van der Waals surface area contributed by atoms with Gasteiger partial charge in [0.15, 0.2) is 0 Å². The zero-order valence-corrected chi connectivity index (χ0v) is 25.7. The molecule has 2 heterocycles. The molecule has 10 nitrogen and oxygen atoms in total. The molecule has 0 aromatic carbocycles. The predicted molar refractivity (Wildman–Crippen MR) is 162 cm³/mol. The van der Waals surface area contributed by atoms with E-state index < -0.39 is 5.91 Å². The molecule has 0 unspecified atom stereocenters. The molecule has 0 radical (unpaired) electrons. The van der Waals surface area contributed by atoms with Crippen molar-refractivity contribution in [1.82, 2.24) is 25.1 Å². The van der Waals surface area contributed by atoms with Crippen molar-refractivity contribution in [2.45, 2.75) is 55.0 Å². The highest BCUT2D eigenvalue weighted by atomic mass is 35.5. The van der Waals surface area contributed by atoms with E-state index in [9.17, 15) is 14.4 Å². The number of halogens is 1. The fraction of sp³-hybridized carbons (Fsp3) is 0.414. The van der Waals surface area contributed by atoms with E-state index in [2.05, 4.69) is 20.6 Å². The Balaban J connectivity index is 0.00000146. The van der Waals surface area contributed by atoms with Crippen LogP contribution in [0.3, 0.4) is 0 Å². The fourth-order valence-electron chi connectivity index (χ4n) is 3.43. The van der Waals surface area contributed by atoms with Crippen LogP contribution >= 0.6 is 11.6 Å². The van der Waals surface area contributed by atoms with E-state index in [-0.39, 0.29) is 29.8 Å². The lowest BCUT2D eigenvalue weighted by atomic mass is 10.0. The van der Waals surface area contributed by atoms with Crippen LogP contribution in [0.1, 0.15) is 57.0 Å². The van der Waals surface area contributed by atoms with E-state index in [1.807, 2.05) is 53.8 Å². The number of amides is 3. The van der Waals surface area contributed by atoms with Gasteiger partial charge in [-0.1, -0.05) is 31.5 Å². The number of aromatic nitrogens is 2. The highest BCUT2D eigenvalue weighted by Crippen LogP contribution is 2.22. The van der Waals surface area contributed by atoms with Crippen LogP contribution in [0.5, 0.6) is 0 Å². The van der Waals surface area contributed by atoms with Crippen molar-refractivity contribution in [1.29, 1.82) is 5.41 Å². The number of aromatic amines is 1. The van der Waals surface area contributed by atoms with Crippen molar-refractivity contribution in [2.75, 3.05) is 26.0 Å². The summed E-state index contributed by atoms with van der Waals surface area (Å²) in [7, 11) is 3.19. The van der Waals surface area contributed by atoms with Gasteiger partial charge >= 0.3 is 0 Å². The largest absolute Gasteiger partial charge is 0.380 e. The van der Waals surface area contributed by atoms with Gasteiger partial charge in [0.1, 0.15) is 17.2 Å². The van der Waals surface area contributed by atoms with E-state index >= 15 is 0 Å². The van der Waals surface area contributed by atoms with Crippen molar-refractivity contribution in [2.24, 2.45) is 5.92 Å². The number of aryl methyl sites for hydroxylation is 1. The first-order chi connectivity index (χ1) is 18.7. The molecule has 2 rings (SSSR count). The minimum absolute atomic E-state index is 0.0433. The molecule has 0 saturated carbocycles. The van der Waals surface area contributed by atoms with Crippen molar-refractivity contribution in [3.8, 4) is 0 Å². The standard InChI is InChI=1S/C25H35N7O3.C4H7Cl/c1-15(2)13-32(14-33)24(26)22(25(35)31(6)7)23(29-12-20-11-27-17(4)16(20)3)19-8-9-21(28-10-19)30-18(5)34;1-3-4(2)5/h8-11,14-15,26-27,29H,12-13H2,1-7H3,(H,28,30,34);3H,1-2H3/b23-22+,26-24?;4-3+. The zero-order valence-electron chi connectivity index (χ0n) is 24.9. The van der Waals surface area contributed by atoms with Crippen LogP contribution in [0, 0.1) is 25.2 Å². The second kappa shape index (κ2) is 16.2. The quantitative estimate of drug-likeness (QED) is 0.140. The molecule has 40 heavy (non-hydrogen) atoms. The third-order valence-corrected chi connectivity index (χ3v) is 6.02. The molecule has 0 aliphatic rings. The number of H-pyrrole nitrogens is 1. The third-order valence-electron chi connectivity index (χ3n) is 5.80. The number of pyridine rings is 1. The summed E-state index contributed by atoms with van der Waals surface area (Å²) in [6.45, 7) is 13.7. The Morgan fingerprint density at radius 2 is 1.82 bits per heavy atom. The number of rotatable bonds is 10. The average molecular weight is 572 g/mol. The smallest absolute Gasteiger partial charge is 0.259 e. The Morgan fingerprint density at radius 1 is 1.20 bits per heavy atom. The fourth-order valence-corrected chi connectivity index (χ4v) is 3.43. The molecule has 218 valence electrons. The molecular formula is C29H42ClN7O3. The summed E-state index contributed by atoms with van der Waals surface area (Å²) < 4.78 is 0. The maximum atomic E-state index is 13.4. The Hall–Kier alpha value is -3.92. The van der Waals surface area contributed by atoms with Crippen LogP contribution in [-0.2, 0) is 20.9 Å². The van der Waals surface area contributed by atoms with Crippen molar-refractivity contribution in [3.63, 3.8) is 0 Å². The van der Waals surface area contributed by atoms with Crippen LogP contribution in [-0.4, -0.2) is 64.5 Å². The summed E-state index contributed by atoms with van der Waals surface area (Å²) in [5, 5.41) is 15.6. The van der Waals surface area contributed by atoms with Gasteiger partial charge in [-0.15, -0.1) is 0 Å². The first kappa shape index (κ1) is 34.1. The lowest BCUT2D eigenvalue weighted by Crippen LogP contribution is -2.40. The first-order valence-electron chi connectivity index (χ1n) is 12.9. The van der Waals surface area contributed by atoms with Crippen molar-refractivity contribution < 1.29 is 14.4 Å². The van der Waals surface area contributed by atoms with Crippen LogP contribution in [0.15, 0.2) is 41.2 Å². The topological polar surface area (TPSA) is 134 Å². The number of allylic oxidation sites excluding steroid dienone is 2. The van der Waals surface area contributed by atoms with Gasteiger partial charge in [-0.2, -0.15) is 0 Å². The summed E-state index contributed by atoms with van der Waals surface area (Å²) in [5.41, 5.74) is 4.07. The second-order valence-electron chi connectivity index (χ2n) is 9.86. The highest BCUT2D eigenvalue weighted by Gasteiger charge is 2.27. The van der Waals surface area contributed by atoms with Gasteiger partial charge in [0.2, 0.25) is 12.3 Å². The molecule has 0 saturated heterocycles.